The summed E-state index contributed by atoms with van der Waals surface area (Å²) in [6.45, 7) is 0. The fourth-order valence-corrected chi connectivity index (χ4v) is 1.85. The molecule has 0 bridgehead atoms. The van der Waals surface area contributed by atoms with Crippen molar-refractivity contribution in [2.75, 3.05) is 6.26 Å². The first kappa shape index (κ1) is 11.8. The minimum atomic E-state index is 0.414. The molecule has 0 unspecified atom stereocenters. The van der Waals surface area contributed by atoms with Crippen molar-refractivity contribution in [1.82, 2.24) is 25.1 Å². The molecule has 0 N–H and O–H groups in total. The number of hydrogen-bond acceptors (Lipinski definition) is 7. The monoisotopic (exact) mass is 271 g/mol. The number of nitrogens with zero attached hydrogens (tertiary/aromatic N) is 5. The van der Waals surface area contributed by atoms with E-state index in [0.29, 0.717) is 17.4 Å². The average Bonchev–Trinajstić information content (AvgIpc) is 2.98. The third kappa shape index (κ3) is 2.45. The van der Waals surface area contributed by atoms with E-state index in [1.54, 1.807) is 36.5 Å². The van der Waals surface area contributed by atoms with Gasteiger partial charge >= 0.3 is 0 Å². The standard InChI is InChI=1S/C12H9N5OS/c1-19-10-3-2-8(6-15-10)12-16-11(17-18-12)9-7-13-4-5-14-9/h2-7H,1H3. The molecule has 0 aromatic carbocycles. The first-order valence-corrected chi connectivity index (χ1v) is 6.70. The maximum Gasteiger partial charge on any atom is 0.259 e. The molecule has 0 aliphatic heterocycles. The molecule has 7 heteroatoms. The highest BCUT2D eigenvalue weighted by Crippen LogP contribution is 2.21. The second-order valence-corrected chi connectivity index (χ2v) is 4.43. The lowest BCUT2D eigenvalue weighted by Gasteiger charge is -1.95. The zero-order chi connectivity index (χ0) is 13.1. The van der Waals surface area contributed by atoms with Crippen molar-refractivity contribution in [1.29, 1.82) is 0 Å². The third-order valence-corrected chi connectivity index (χ3v) is 3.07. The predicted molar refractivity (Wildman–Crippen MR) is 70.3 cm³/mol. The van der Waals surface area contributed by atoms with E-state index in [9.17, 15) is 0 Å². The Balaban J connectivity index is 1.92. The van der Waals surface area contributed by atoms with Crippen LogP contribution in [0.3, 0.4) is 0 Å². The minimum Gasteiger partial charge on any atom is -0.333 e. The molecule has 6 nitrogen and oxygen atoms in total. The van der Waals surface area contributed by atoms with Gasteiger partial charge in [0, 0.05) is 18.6 Å². The smallest absolute Gasteiger partial charge is 0.259 e. The second-order valence-electron chi connectivity index (χ2n) is 3.60. The molecule has 0 atom stereocenters. The van der Waals surface area contributed by atoms with Crippen molar-refractivity contribution >= 4 is 11.8 Å². The van der Waals surface area contributed by atoms with Gasteiger partial charge in [0.05, 0.1) is 16.8 Å². The van der Waals surface area contributed by atoms with E-state index < -0.39 is 0 Å². The zero-order valence-electron chi connectivity index (χ0n) is 10.0. The van der Waals surface area contributed by atoms with E-state index in [4.69, 9.17) is 4.52 Å². The van der Waals surface area contributed by atoms with Gasteiger partial charge in [-0.3, -0.25) is 4.98 Å². The Bertz CT molecular complexity index is 668. The molecule has 0 amide bonds. The van der Waals surface area contributed by atoms with E-state index in [1.807, 2.05) is 18.4 Å². The molecule has 3 aromatic heterocycles. The summed E-state index contributed by atoms with van der Waals surface area (Å²) in [5, 5.41) is 4.83. The number of aromatic nitrogens is 5. The van der Waals surface area contributed by atoms with Crippen molar-refractivity contribution < 1.29 is 4.52 Å². The van der Waals surface area contributed by atoms with E-state index in [0.717, 1.165) is 10.6 Å². The Hall–Kier alpha value is -2.28. The summed E-state index contributed by atoms with van der Waals surface area (Å²) in [6.07, 6.45) is 8.44. The fraction of sp³-hybridized carbons (Fsp3) is 0.0833. The van der Waals surface area contributed by atoms with Crippen LogP contribution in [0.4, 0.5) is 0 Å². The second kappa shape index (κ2) is 5.15. The van der Waals surface area contributed by atoms with Gasteiger partial charge in [0.1, 0.15) is 5.69 Å². The maximum atomic E-state index is 5.20. The summed E-state index contributed by atoms with van der Waals surface area (Å²) in [4.78, 5) is 16.6. The van der Waals surface area contributed by atoms with Gasteiger partial charge < -0.3 is 4.52 Å². The lowest BCUT2D eigenvalue weighted by molar-refractivity contribution is 0.432. The summed E-state index contributed by atoms with van der Waals surface area (Å²) in [6, 6.07) is 3.80. The molecule has 0 aliphatic carbocycles. The molecule has 3 rings (SSSR count). The highest BCUT2D eigenvalue weighted by atomic mass is 32.2. The van der Waals surface area contributed by atoms with Crippen molar-refractivity contribution in [3.8, 4) is 23.0 Å². The van der Waals surface area contributed by atoms with Crippen molar-refractivity contribution in [3.63, 3.8) is 0 Å². The quantitative estimate of drug-likeness (QED) is 0.676. The SMILES string of the molecule is CSc1ccc(-c2nc(-c3cnccn3)no2)cn1. The van der Waals surface area contributed by atoms with Crippen LogP contribution in [0.15, 0.2) is 46.5 Å². The molecule has 0 fully saturated rings. The van der Waals surface area contributed by atoms with Gasteiger partial charge in [-0.25, -0.2) is 9.97 Å². The molecule has 3 heterocycles. The first-order chi connectivity index (χ1) is 9.36. The molecule has 94 valence electrons. The highest BCUT2D eigenvalue weighted by Gasteiger charge is 2.11. The van der Waals surface area contributed by atoms with Gasteiger partial charge in [0.25, 0.3) is 5.89 Å². The van der Waals surface area contributed by atoms with Gasteiger partial charge in [-0.05, 0) is 18.4 Å². The van der Waals surface area contributed by atoms with Crippen LogP contribution < -0.4 is 0 Å². The predicted octanol–water partition coefficient (Wildman–Crippen LogP) is 2.31. The van der Waals surface area contributed by atoms with Crippen LogP contribution in [0.1, 0.15) is 0 Å². The molecular weight excluding hydrogens is 262 g/mol. The van der Waals surface area contributed by atoms with Crippen LogP contribution in [0.5, 0.6) is 0 Å². The van der Waals surface area contributed by atoms with Crippen LogP contribution in [-0.2, 0) is 0 Å². The third-order valence-electron chi connectivity index (χ3n) is 2.41. The van der Waals surface area contributed by atoms with Gasteiger partial charge in [0.2, 0.25) is 5.82 Å². The fourth-order valence-electron chi connectivity index (χ4n) is 1.49. The van der Waals surface area contributed by atoms with Crippen LogP contribution >= 0.6 is 11.8 Å². The average molecular weight is 271 g/mol. The van der Waals surface area contributed by atoms with Gasteiger partial charge in [-0.2, -0.15) is 4.98 Å². The van der Waals surface area contributed by atoms with E-state index in [2.05, 4.69) is 25.1 Å². The Morgan fingerprint density at radius 1 is 1.11 bits per heavy atom. The van der Waals surface area contributed by atoms with E-state index >= 15 is 0 Å². The van der Waals surface area contributed by atoms with Gasteiger partial charge in [-0.15, -0.1) is 11.8 Å². The Morgan fingerprint density at radius 2 is 2.05 bits per heavy atom. The summed E-state index contributed by atoms with van der Waals surface area (Å²) in [5.74, 6) is 0.831. The Labute approximate surface area is 113 Å². The van der Waals surface area contributed by atoms with Gasteiger partial charge in [-0.1, -0.05) is 5.16 Å². The number of pyridine rings is 1. The summed E-state index contributed by atoms with van der Waals surface area (Å²) in [5.41, 5.74) is 1.35. The molecule has 19 heavy (non-hydrogen) atoms. The van der Waals surface area contributed by atoms with E-state index in [1.165, 1.54) is 0 Å². The van der Waals surface area contributed by atoms with Crippen LogP contribution in [0.25, 0.3) is 23.0 Å². The van der Waals surface area contributed by atoms with Crippen molar-refractivity contribution in [3.05, 3.63) is 36.9 Å². The first-order valence-electron chi connectivity index (χ1n) is 5.47. The lowest BCUT2D eigenvalue weighted by Crippen LogP contribution is -1.86. The Morgan fingerprint density at radius 3 is 2.74 bits per heavy atom. The lowest BCUT2D eigenvalue weighted by atomic mass is 10.3. The number of rotatable bonds is 3. The van der Waals surface area contributed by atoms with Gasteiger partial charge in [0.15, 0.2) is 0 Å². The minimum absolute atomic E-state index is 0.414. The zero-order valence-corrected chi connectivity index (χ0v) is 10.8. The number of hydrogen-bond donors (Lipinski definition) is 0. The molecule has 0 saturated heterocycles. The van der Waals surface area contributed by atoms with Crippen LogP contribution in [0, 0.1) is 0 Å². The molecule has 0 saturated carbocycles. The summed E-state index contributed by atoms with van der Waals surface area (Å²) >= 11 is 1.58. The van der Waals surface area contributed by atoms with Crippen LogP contribution in [0.2, 0.25) is 0 Å². The molecular formula is C12H9N5OS. The largest absolute Gasteiger partial charge is 0.333 e. The summed E-state index contributed by atoms with van der Waals surface area (Å²) in [7, 11) is 0. The maximum absolute atomic E-state index is 5.20. The molecule has 0 spiro atoms. The topological polar surface area (TPSA) is 77.6 Å². The normalized spacial score (nSPS) is 10.6. The van der Waals surface area contributed by atoms with E-state index in [-0.39, 0.29) is 0 Å². The molecule has 0 radical (unpaired) electrons. The van der Waals surface area contributed by atoms with Crippen molar-refractivity contribution in [2.45, 2.75) is 5.03 Å². The molecule has 3 aromatic rings. The Kier molecular flexibility index (Phi) is 3.20. The summed E-state index contributed by atoms with van der Waals surface area (Å²) < 4.78 is 5.20. The van der Waals surface area contributed by atoms with Crippen molar-refractivity contribution in [2.24, 2.45) is 0 Å². The number of thioether (sulfide) groups is 1. The highest BCUT2D eigenvalue weighted by molar-refractivity contribution is 7.98. The van der Waals surface area contributed by atoms with Crippen LogP contribution in [-0.4, -0.2) is 31.3 Å². The molecule has 0 aliphatic rings.